The van der Waals surface area contributed by atoms with Crippen molar-refractivity contribution >= 4 is 16.3 Å². The van der Waals surface area contributed by atoms with Gasteiger partial charge in [-0.1, -0.05) is 0 Å². The van der Waals surface area contributed by atoms with Crippen molar-refractivity contribution in [1.29, 1.82) is 0 Å². The predicted molar refractivity (Wildman–Crippen MR) is 48.2 cm³/mol. The lowest BCUT2D eigenvalue weighted by atomic mass is 10.1. The maximum atomic E-state index is 12.2. The van der Waals surface area contributed by atoms with Crippen LogP contribution in [0.15, 0.2) is 23.1 Å². The largest absolute Gasteiger partial charge is 0.416 e. The second kappa shape index (κ2) is 3.87. The van der Waals surface area contributed by atoms with Crippen molar-refractivity contribution in [1.82, 2.24) is 0 Å². The fourth-order valence-corrected chi connectivity index (χ4v) is 1.77. The lowest BCUT2D eigenvalue weighted by molar-refractivity contribution is -0.137. The Bertz CT molecular complexity index is 522. The Hall–Kier alpha value is -1.41. The minimum absolute atomic E-state index is 0.00891. The van der Waals surface area contributed by atoms with E-state index in [0.29, 0.717) is 18.2 Å². The summed E-state index contributed by atoms with van der Waals surface area (Å²) in [5, 5.41) is 4.72. The van der Waals surface area contributed by atoms with Crippen LogP contribution in [0.5, 0.6) is 0 Å². The number of alkyl halides is 3. The normalized spacial score (nSPS) is 12.5. The van der Waals surface area contributed by atoms with Gasteiger partial charge in [0.25, 0.3) is 0 Å². The van der Waals surface area contributed by atoms with Crippen LogP contribution < -0.4 is 5.14 Å². The molecule has 0 saturated heterocycles. The molecule has 0 saturated carbocycles. The number of rotatable bonds is 2. The molecule has 0 atom stereocenters. The minimum Gasteiger partial charge on any atom is -0.298 e. The predicted octanol–water partition coefficient (Wildman–Crippen LogP) is 1.17. The Morgan fingerprint density at radius 2 is 1.81 bits per heavy atom. The molecule has 1 aromatic carbocycles. The van der Waals surface area contributed by atoms with E-state index in [1.165, 1.54) is 0 Å². The molecule has 0 spiro atoms. The van der Waals surface area contributed by atoms with Crippen LogP contribution in [0.25, 0.3) is 0 Å². The zero-order valence-corrected chi connectivity index (χ0v) is 8.47. The summed E-state index contributed by atoms with van der Waals surface area (Å²) < 4.78 is 58.5. The molecular weight excluding hydrogens is 247 g/mol. The summed E-state index contributed by atoms with van der Waals surface area (Å²) in [7, 11) is -4.21. The van der Waals surface area contributed by atoms with Crippen molar-refractivity contribution in [2.75, 3.05) is 0 Å². The second-order valence-electron chi connectivity index (χ2n) is 2.91. The minimum atomic E-state index is -4.64. The molecule has 8 heteroatoms. The van der Waals surface area contributed by atoms with Gasteiger partial charge in [0.2, 0.25) is 10.0 Å². The van der Waals surface area contributed by atoms with Gasteiger partial charge in [-0.25, -0.2) is 13.6 Å². The summed E-state index contributed by atoms with van der Waals surface area (Å²) in [4.78, 5) is 9.84. The number of halogens is 3. The van der Waals surface area contributed by atoms with Crippen molar-refractivity contribution < 1.29 is 26.4 Å². The summed E-state index contributed by atoms with van der Waals surface area (Å²) in [6.07, 6.45) is -4.64. The molecule has 0 aliphatic carbocycles. The van der Waals surface area contributed by atoms with Gasteiger partial charge in [0.05, 0.1) is 10.5 Å². The van der Waals surface area contributed by atoms with E-state index in [2.05, 4.69) is 0 Å². The molecule has 0 heterocycles. The van der Waals surface area contributed by atoms with E-state index in [0.717, 1.165) is 0 Å². The number of carbonyl (C=O) groups is 1. The van der Waals surface area contributed by atoms with Crippen LogP contribution in [0.1, 0.15) is 15.9 Å². The van der Waals surface area contributed by atoms with Crippen molar-refractivity contribution in [3.8, 4) is 0 Å². The number of benzene rings is 1. The third-order valence-electron chi connectivity index (χ3n) is 1.77. The number of primary sulfonamides is 1. The van der Waals surface area contributed by atoms with Gasteiger partial charge in [0.1, 0.15) is 0 Å². The monoisotopic (exact) mass is 253 g/mol. The first-order valence-corrected chi connectivity index (χ1v) is 5.40. The molecule has 2 N–H and O–H groups in total. The van der Waals surface area contributed by atoms with Gasteiger partial charge in [-0.2, -0.15) is 13.2 Å². The van der Waals surface area contributed by atoms with E-state index in [9.17, 15) is 26.4 Å². The standard InChI is InChI=1S/C8H6F3NO3S/c9-8(10,11)6-1-2-7(16(12,14)15)5(3-6)4-13/h1-4H,(H2,12,14,15). The van der Waals surface area contributed by atoms with Crippen molar-refractivity contribution in [2.24, 2.45) is 5.14 Å². The molecule has 0 amide bonds. The second-order valence-corrected chi connectivity index (χ2v) is 4.44. The third-order valence-corrected chi connectivity index (χ3v) is 2.76. The van der Waals surface area contributed by atoms with Crippen LogP contribution in [0.3, 0.4) is 0 Å². The van der Waals surface area contributed by atoms with E-state index in [4.69, 9.17) is 5.14 Å². The highest BCUT2D eigenvalue weighted by atomic mass is 32.2. The van der Waals surface area contributed by atoms with Crippen LogP contribution in [0.4, 0.5) is 13.2 Å². The molecular formula is C8H6F3NO3S. The van der Waals surface area contributed by atoms with Gasteiger partial charge in [-0.15, -0.1) is 0 Å². The van der Waals surface area contributed by atoms with E-state index in [1.54, 1.807) is 0 Å². The quantitative estimate of drug-likeness (QED) is 0.803. The number of nitrogens with two attached hydrogens (primary N) is 1. The lowest BCUT2D eigenvalue weighted by Gasteiger charge is -2.08. The Kier molecular flexibility index (Phi) is 3.06. The molecule has 0 fully saturated rings. The molecule has 16 heavy (non-hydrogen) atoms. The van der Waals surface area contributed by atoms with Crippen LogP contribution in [-0.4, -0.2) is 14.7 Å². The fraction of sp³-hybridized carbons (Fsp3) is 0.125. The Morgan fingerprint density at radius 3 is 2.19 bits per heavy atom. The van der Waals surface area contributed by atoms with Crippen LogP contribution in [0.2, 0.25) is 0 Å². The van der Waals surface area contributed by atoms with E-state index < -0.39 is 32.2 Å². The molecule has 0 aromatic heterocycles. The Labute approximate surface area is 88.9 Å². The Morgan fingerprint density at radius 1 is 1.25 bits per heavy atom. The summed E-state index contributed by atoms with van der Waals surface area (Å²) >= 11 is 0. The number of sulfonamides is 1. The van der Waals surface area contributed by atoms with Gasteiger partial charge >= 0.3 is 6.18 Å². The molecule has 1 rings (SSSR count). The summed E-state index contributed by atoms with van der Waals surface area (Å²) in [6.45, 7) is 0. The molecule has 0 unspecified atom stereocenters. The van der Waals surface area contributed by atoms with Crippen LogP contribution in [-0.2, 0) is 16.2 Å². The van der Waals surface area contributed by atoms with Crippen LogP contribution in [0, 0.1) is 0 Å². The number of hydrogen-bond donors (Lipinski definition) is 1. The first-order chi connectivity index (χ1) is 7.16. The average Bonchev–Trinajstić information content (AvgIpc) is 2.14. The molecule has 0 radical (unpaired) electrons. The SMILES string of the molecule is NS(=O)(=O)c1ccc(C(F)(F)F)cc1C=O. The highest BCUT2D eigenvalue weighted by Crippen LogP contribution is 2.30. The maximum Gasteiger partial charge on any atom is 0.416 e. The lowest BCUT2D eigenvalue weighted by Crippen LogP contribution is -2.15. The zero-order chi connectivity index (χ0) is 12.6. The van der Waals surface area contributed by atoms with Crippen molar-refractivity contribution in [3.05, 3.63) is 29.3 Å². The highest BCUT2D eigenvalue weighted by Gasteiger charge is 2.31. The van der Waals surface area contributed by atoms with Gasteiger partial charge in [0, 0.05) is 5.56 Å². The summed E-state index contributed by atoms with van der Waals surface area (Å²) in [5.41, 5.74) is -1.72. The first-order valence-electron chi connectivity index (χ1n) is 3.85. The molecule has 88 valence electrons. The van der Waals surface area contributed by atoms with E-state index >= 15 is 0 Å². The van der Waals surface area contributed by atoms with Crippen molar-refractivity contribution in [3.63, 3.8) is 0 Å². The molecule has 0 aliphatic rings. The molecule has 0 aliphatic heterocycles. The smallest absolute Gasteiger partial charge is 0.298 e. The Balaban J connectivity index is 3.46. The highest BCUT2D eigenvalue weighted by molar-refractivity contribution is 7.89. The van der Waals surface area contributed by atoms with Gasteiger partial charge in [0.15, 0.2) is 6.29 Å². The maximum absolute atomic E-state index is 12.2. The number of hydrogen-bond acceptors (Lipinski definition) is 3. The average molecular weight is 253 g/mol. The van der Waals surface area contributed by atoms with E-state index in [-0.39, 0.29) is 6.29 Å². The topological polar surface area (TPSA) is 77.2 Å². The van der Waals surface area contributed by atoms with Gasteiger partial charge < -0.3 is 0 Å². The first kappa shape index (κ1) is 12.7. The van der Waals surface area contributed by atoms with Gasteiger partial charge in [-0.05, 0) is 18.2 Å². The molecule has 4 nitrogen and oxygen atoms in total. The fourth-order valence-electron chi connectivity index (χ4n) is 1.08. The molecule has 1 aromatic rings. The summed E-state index contributed by atoms with van der Waals surface area (Å²) in [6, 6.07) is 1.64. The van der Waals surface area contributed by atoms with Crippen molar-refractivity contribution in [2.45, 2.75) is 11.1 Å². The zero-order valence-electron chi connectivity index (χ0n) is 7.65. The van der Waals surface area contributed by atoms with Gasteiger partial charge in [-0.3, -0.25) is 4.79 Å². The van der Waals surface area contributed by atoms with Crippen LogP contribution >= 0.6 is 0 Å². The number of aldehydes is 1. The number of carbonyl (C=O) groups excluding carboxylic acids is 1. The third kappa shape index (κ3) is 2.58. The summed E-state index contributed by atoms with van der Waals surface area (Å²) in [5.74, 6) is 0. The van der Waals surface area contributed by atoms with E-state index in [1.807, 2.05) is 0 Å². The molecule has 0 bridgehead atoms.